The molecule has 0 aromatic heterocycles. The Hall–Kier alpha value is -1.36. The minimum absolute atomic E-state index is 0.0302. The number of carbonyl (C=O) groups excluding carboxylic acids is 1. The first-order valence-corrected chi connectivity index (χ1v) is 6.44. The summed E-state index contributed by atoms with van der Waals surface area (Å²) in [6.45, 7) is 0.470. The Kier molecular flexibility index (Phi) is 3.71. The molecule has 2 atom stereocenters. The smallest absolute Gasteiger partial charge is 0.303 e. The zero-order chi connectivity index (χ0) is 13.2. The van der Waals surface area contributed by atoms with Gasteiger partial charge >= 0.3 is 5.97 Å². The van der Waals surface area contributed by atoms with Crippen LogP contribution in [0.4, 0.5) is 0 Å². The van der Waals surface area contributed by atoms with Gasteiger partial charge in [-0.15, -0.1) is 0 Å². The topological polar surface area (TPSA) is 92.4 Å². The predicted molar refractivity (Wildman–Crippen MR) is 66.8 cm³/mol. The molecule has 0 spiro atoms. The van der Waals surface area contributed by atoms with Crippen molar-refractivity contribution in [2.45, 2.75) is 38.1 Å². The average Bonchev–Trinajstić information content (AvgIpc) is 2.68. The van der Waals surface area contributed by atoms with Crippen molar-refractivity contribution in [2.75, 3.05) is 6.54 Å². The van der Waals surface area contributed by atoms with Crippen LogP contribution < -0.4 is 11.1 Å². The molecule has 2 aliphatic rings. The highest BCUT2D eigenvalue weighted by Gasteiger charge is 2.39. The number of nitrogens with two attached hydrogens (primary N) is 1. The number of amides is 1. The Morgan fingerprint density at radius 2 is 2.11 bits per heavy atom. The lowest BCUT2D eigenvalue weighted by Crippen LogP contribution is -2.45. The van der Waals surface area contributed by atoms with Crippen LogP contribution in [-0.2, 0) is 9.59 Å². The maximum Gasteiger partial charge on any atom is 0.303 e. The Morgan fingerprint density at radius 1 is 1.39 bits per heavy atom. The molecule has 1 fully saturated rings. The summed E-state index contributed by atoms with van der Waals surface area (Å²) >= 11 is 0. The van der Waals surface area contributed by atoms with Gasteiger partial charge in [0, 0.05) is 12.6 Å². The lowest BCUT2D eigenvalue weighted by Gasteiger charge is -2.41. The van der Waals surface area contributed by atoms with Gasteiger partial charge in [-0.2, -0.15) is 0 Å². The lowest BCUT2D eigenvalue weighted by atomic mass is 9.66. The zero-order valence-electron chi connectivity index (χ0n) is 10.4. The number of rotatable bonds is 5. The van der Waals surface area contributed by atoms with Crippen LogP contribution >= 0.6 is 0 Å². The van der Waals surface area contributed by atoms with Gasteiger partial charge < -0.3 is 16.2 Å². The minimum Gasteiger partial charge on any atom is -0.481 e. The van der Waals surface area contributed by atoms with Crippen LogP contribution in [0, 0.1) is 11.3 Å². The largest absolute Gasteiger partial charge is 0.481 e. The molecular weight excluding hydrogens is 232 g/mol. The molecule has 4 N–H and O–H groups in total. The van der Waals surface area contributed by atoms with Crippen LogP contribution in [0.3, 0.4) is 0 Å². The summed E-state index contributed by atoms with van der Waals surface area (Å²) in [5.74, 6) is -0.968. The van der Waals surface area contributed by atoms with Crippen LogP contribution in [0.25, 0.3) is 0 Å². The third-order valence-corrected chi connectivity index (χ3v) is 4.03. The van der Waals surface area contributed by atoms with E-state index in [9.17, 15) is 9.59 Å². The van der Waals surface area contributed by atoms with Gasteiger partial charge in [0.25, 0.3) is 0 Å². The monoisotopic (exact) mass is 252 g/mol. The van der Waals surface area contributed by atoms with Crippen molar-refractivity contribution in [2.24, 2.45) is 17.1 Å². The fourth-order valence-corrected chi connectivity index (χ4v) is 2.74. The molecule has 1 amide bonds. The first-order valence-electron chi connectivity index (χ1n) is 6.44. The third-order valence-electron chi connectivity index (χ3n) is 4.03. The van der Waals surface area contributed by atoms with Gasteiger partial charge in [-0.1, -0.05) is 18.6 Å². The standard InChI is InChI=1S/C13H20N2O3/c14-10-3-2-9(6-10)12(18)15-8-13(4-1-5-13)7-11(16)17/h2-3,9-10H,1,4-8,14H2,(H,15,18)(H,16,17). The summed E-state index contributed by atoms with van der Waals surface area (Å²) in [4.78, 5) is 22.7. The first kappa shape index (κ1) is 13.1. The molecule has 5 heteroatoms. The summed E-state index contributed by atoms with van der Waals surface area (Å²) in [6, 6.07) is -0.0302. The summed E-state index contributed by atoms with van der Waals surface area (Å²) in [6.07, 6.45) is 7.31. The number of carboxylic acid groups (broad SMARTS) is 1. The molecule has 0 aliphatic heterocycles. The fraction of sp³-hybridized carbons (Fsp3) is 0.692. The highest BCUT2D eigenvalue weighted by atomic mass is 16.4. The van der Waals surface area contributed by atoms with E-state index in [1.165, 1.54) is 0 Å². The lowest BCUT2D eigenvalue weighted by molar-refractivity contribution is -0.142. The Balaban J connectivity index is 1.81. The van der Waals surface area contributed by atoms with Gasteiger partial charge in [-0.3, -0.25) is 9.59 Å². The van der Waals surface area contributed by atoms with E-state index in [-0.39, 0.29) is 29.7 Å². The number of nitrogens with one attached hydrogen (secondary N) is 1. The van der Waals surface area contributed by atoms with E-state index < -0.39 is 5.97 Å². The molecule has 5 nitrogen and oxygen atoms in total. The molecule has 0 radical (unpaired) electrons. The van der Waals surface area contributed by atoms with Gasteiger partial charge in [-0.25, -0.2) is 0 Å². The molecule has 18 heavy (non-hydrogen) atoms. The van der Waals surface area contributed by atoms with Crippen molar-refractivity contribution in [3.05, 3.63) is 12.2 Å². The van der Waals surface area contributed by atoms with E-state index in [4.69, 9.17) is 10.8 Å². The SMILES string of the molecule is NC1C=CC(C(=O)NCC2(CC(=O)O)CCC2)C1. The van der Waals surface area contributed by atoms with Crippen molar-refractivity contribution < 1.29 is 14.7 Å². The summed E-state index contributed by atoms with van der Waals surface area (Å²) < 4.78 is 0. The molecule has 1 saturated carbocycles. The van der Waals surface area contributed by atoms with Gasteiger partial charge in [-0.05, 0) is 24.7 Å². The molecule has 0 heterocycles. The van der Waals surface area contributed by atoms with Crippen molar-refractivity contribution in [1.82, 2.24) is 5.32 Å². The van der Waals surface area contributed by atoms with Crippen LogP contribution in [0.1, 0.15) is 32.1 Å². The predicted octanol–water partition coefficient (Wildman–Crippen LogP) is 0.651. The summed E-state index contributed by atoms with van der Waals surface area (Å²) in [7, 11) is 0. The first-order chi connectivity index (χ1) is 8.51. The van der Waals surface area contributed by atoms with E-state index in [1.54, 1.807) is 0 Å². The highest BCUT2D eigenvalue weighted by molar-refractivity contribution is 5.81. The maximum absolute atomic E-state index is 11.9. The number of carboxylic acids is 1. The molecule has 2 unspecified atom stereocenters. The minimum atomic E-state index is -0.785. The van der Waals surface area contributed by atoms with Crippen LogP contribution in [0.5, 0.6) is 0 Å². The third kappa shape index (κ3) is 2.90. The molecule has 0 aromatic rings. The second kappa shape index (κ2) is 5.10. The quantitative estimate of drug-likeness (QED) is 0.626. The van der Waals surface area contributed by atoms with Gasteiger partial charge in [0.15, 0.2) is 0 Å². The van der Waals surface area contributed by atoms with E-state index in [1.807, 2.05) is 12.2 Å². The van der Waals surface area contributed by atoms with E-state index >= 15 is 0 Å². The van der Waals surface area contributed by atoms with Crippen LogP contribution in [0.15, 0.2) is 12.2 Å². The summed E-state index contributed by atoms with van der Waals surface area (Å²) in [5, 5.41) is 11.8. The number of aliphatic carboxylic acids is 1. The molecule has 2 rings (SSSR count). The normalized spacial score (nSPS) is 28.7. The van der Waals surface area contributed by atoms with Crippen molar-refractivity contribution in [1.29, 1.82) is 0 Å². The van der Waals surface area contributed by atoms with Gasteiger partial charge in [0.05, 0.1) is 12.3 Å². The maximum atomic E-state index is 11.9. The number of hydrogen-bond acceptors (Lipinski definition) is 3. The number of hydrogen-bond donors (Lipinski definition) is 3. The molecule has 100 valence electrons. The van der Waals surface area contributed by atoms with E-state index in [0.29, 0.717) is 13.0 Å². The number of carbonyl (C=O) groups is 2. The molecule has 0 saturated heterocycles. The Morgan fingerprint density at radius 3 is 2.56 bits per heavy atom. The van der Waals surface area contributed by atoms with Crippen molar-refractivity contribution in [3.63, 3.8) is 0 Å². The summed E-state index contributed by atoms with van der Waals surface area (Å²) in [5.41, 5.74) is 5.49. The van der Waals surface area contributed by atoms with E-state index in [2.05, 4.69) is 5.32 Å². The highest BCUT2D eigenvalue weighted by Crippen LogP contribution is 2.43. The van der Waals surface area contributed by atoms with Gasteiger partial charge in [0.1, 0.15) is 0 Å². The molecule has 0 aromatic carbocycles. The molecular formula is C13H20N2O3. The average molecular weight is 252 g/mol. The van der Waals surface area contributed by atoms with Crippen molar-refractivity contribution in [3.8, 4) is 0 Å². The van der Waals surface area contributed by atoms with Crippen molar-refractivity contribution >= 4 is 11.9 Å². The fourth-order valence-electron chi connectivity index (χ4n) is 2.74. The Bertz CT molecular complexity index is 374. The molecule has 0 bridgehead atoms. The second-order valence-electron chi connectivity index (χ2n) is 5.53. The zero-order valence-corrected chi connectivity index (χ0v) is 10.4. The van der Waals surface area contributed by atoms with E-state index in [0.717, 1.165) is 19.3 Å². The molecule has 2 aliphatic carbocycles. The Labute approximate surface area is 106 Å². The van der Waals surface area contributed by atoms with Crippen LogP contribution in [-0.4, -0.2) is 29.6 Å². The van der Waals surface area contributed by atoms with Gasteiger partial charge in [0.2, 0.25) is 5.91 Å². The second-order valence-corrected chi connectivity index (χ2v) is 5.53. The van der Waals surface area contributed by atoms with Crippen LogP contribution in [0.2, 0.25) is 0 Å².